The smallest absolute Gasteiger partial charge is 0.191 e. The summed E-state index contributed by atoms with van der Waals surface area (Å²) in [6, 6.07) is 5.69. The van der Waals surface area contributed by atoms with Gasteiger partial charge >= 0.3 is 0 Å². The monoisotopic (exact) mass is 406 g/mol. The van der Waals surface area contributed by atoms with E-state index in [1.165, 1.54) is 0 Å². The number of benzene rings is 1. The normalized spacial score (nSPS) is 23.0. The molecule has 1 aromatic rings. The zero-order valence-corrected chi connectivity index (χ0v) is 17.9. The van der Waals surface area contributed by atoms with Crippen LogP contribution in [0.3, 0.4) is 0 Å². The standard InChI is InChI=1S/C22H35FN4O2/c1-4-24-22(26-17(3)18-6-5-16(2)20(23)13-18)25-14-21(19-7-10-29-15-19)27-8-11-28-12-9-27/h5-6,13,17,19,21H,4,7-12,14-15H2,1-3H3,(H2,24,25,26). The van der Waals surface area contributed by atoms with Gasteiger partial charge in [-0.05, 0) is 44.4 Å². The average molecular weight is 407 g/mol. The minimum Gasteiger partial charge on any atom is -0.381 e. The molecule has 0 saturated carbocycles. The van der Waals surface area contributed by atoms with Gasteiger partial charge in [0.1, 0.15) is 5.82 Å². The van der Waals surface area contributed by atoms with Crippen molar-refractivity contribution in [3.63, 3.8) is 0 Å². The number of nitrogens with one attached hydrogen (secondary N) is 2. The number of nitrogens with zero attached hydrogens (tertiary/aromatic N) is 2. The quantitative estimate of drug-likeness (QED) is 0.538. The maximum atomic E-state index is 14.0. The van der Waals surface area contributed by atoms with Crippen LogP contribution in [-0.2, 0) is 9.47 Å². The highest BCUT2D eigenvalue weighted by Gasteiger charge is 2.31. The highest BCUT2D eigenvalue weighted by molar-refractivity contribution is 5.80. The number of halogens is 1. The second-order valence-electron chi connectivity index (χ2n) is 7.93. The van der Waals surface area contributed by atoms with Gasteiger partial charge in [0.25, 0.3) is 0 Å². The van der Waals surface area contributed by atoms with Crippen LogP contribution in [0.15, 0.2) is 23.2 Å². The summed E-state index contributed by atoms with van der Waals surface area (Å²) in [6.45, 7) is 12.4. The molecule has 3 unspecified atom stereocenters. The molecule has 0 bridgehead atoms. The summed E-state index contributed by atoms with van der Waals surface area (Å²) in [5.74, 6) is 1.09. The number of aryl methyl sites for hydroxylation is 1. The van der Waals surface area contributed by atoms with Gasteiger partial charge in [-0.25, -0.2) is 4.39 Å². The third-order valence-corrected chi connectivity index (χ3v) is 5.85. The Balaban J connectivity index is 1.68. The van der Waals surface area contributed by atoms with Gasteiger partial charge in [-0.2, -0.15) is 0 Å². The first-order valence-electron chi connectivity index (χ1n) is 10.8. The molecule has 162 valence electrons. The predicted molar refractivity (Wildman–Crippen MR) is 114 cm³/mol. The van der Waals surface area contributed by atoms with Crippen LogP contribution in [0, 0.1) is 18.7 Å². The molecule has 3 atom stereocenters. The van der Waals surface area contributed by atoms with Crippen molar-refractivity contribution in [2.24, 2.45) is 10.9 Å². The molecular formula is C22H35FN4O2. The molecule has 2 fully saturated rings. The van der Waals surface area contributed by atoms with Gasteiger partial charge in [0, 0.05) is 38.2 Å². The van der Waals surface area contributed by atoms with Crippen LogP contribution in [0.5, 0.6) is 0 Å². The largest absolute Gasteiger partial charge is 0.381 e. The summed E-state index contributed by atoms with van der Waals surface area (Å²) >= 11 is 0. The van der Waals surface area contributed by atoms with Gasteiger partial charge < -0.3 is 20.1 Å². The number of aliphatic imine (C=N–C) groups is 1. The Kier molecular flexibility index (Phi) is 8.27. The lowest BCUT2D eigenvalue weighted by atomic mass is 9.97. The molecule has 0 aromatic heterocycles. The summed E-state index contributed by atoms with van der Waals surface area (Å²) in [7, 11) is 0. The molecule has 0 radical (unpaired) electrons. The molecule has 7 heteroatoms. The van der Waals surface area contributed by atoms with Crippen LogP contribution in [0.4, 0.5) is 4.39 Å². The van der Waals surface area contributed by atoms with Crippen molar-refractivity contribution < 1.29 is 13.9 Å². The molecule has 2 N–H and O–H groups in total. The molecule has 2 saturated heterocycles. The molecular weight excluding hydrogens is 371 g/mol. The van der Waals surface area contributed by atoms with Gasteiger partial charge in [0.15, 0.2) is 5.96 Å². The second-order valence-corrected chi connectivity index (χ2v) is 7.93. The summed E-state index contributed by atoms with van der Waals surface area (Å²) in [5.41, 5.74) is 1.57. The average Bonchev–Trinajstić information content (AvgIpc) is 3.25. The van der Waals surface area contributed by atoms with Crippen molar-refractivity contribution in [2.75, 3.05) is 52.6 Å². The lowest BCUT2D eigenvalue weighted by molar-refractivity contribution is 0.00368. The van der Waals surface area contributed by atoms with Gasteiger partial charge in [0.05, 0.1) is 32.4 Å². The van der Waals surface area contributed by atoms with Crippen LogP contribution < -0.4 is 10.6 Å². The van der Waals surface area contributed by atoms with Crippen LogP contribution in [0.1, 0.15) is 37.4 Å². The molecule has 2 aliphatic heterocycles. The molecule has 29 heavy (non-hydrogen) atoms. The van der Waals surface area contributed by atoms with E-state index in [2.05, 4.69) is 22.5 Å². The Labute approximate surface area is 173 Å². The second kappa shape index (κ2) is 10.9. The highest BCUT2D eigenvalue weighted by atomic mass is 19.1. The number of morpholine rings is 1. The summed E-state index contributed by atoms with van der Waals surface area (Å²) in [4.78, 5) is 7.40. The van der Waals surface area contributed by atoms with E-state index >= 15 is 0 Å². The van der Waals surface area contributed by atoms with Crippen molar-refractivity contribution >= 4 is 5.96 Å². The Morgan fingerprint density at radius 1 is 1.28 bits per heavy atom. The zero-order valence-electron chi connectivity index (χ0n) is 17.9. The summed E-state index contributed by atoms with van der Waals surface area (Å²) in [6.07, 6.45) is 1.08. The molecule has 2 aliphatic rings. The maximum Gasteiger partial charge on any atom is 0.191 e. The SMILES string of the molecule is CCNC(=NCC(C1CCOC1)N1CCOCC1)NC(C)c1ccc(C)c(F)c1. The summed E-state index contributed by atoms with van der Waals surface area (Å²) in [5, 5.41) is 6.76. The molecule has 1 aromatic carbocycles. The third kappa shape index (κ3) is 6.14. The van der Waals surface area contributed by atoms with E-state index < -0.39 is 0 Å². The van der Waals surface area contributed by atoms with E-state index in [0.29, 0.717) is 24.1 Å². The number of rotatable bonds is 7. The molecule has 6 nitrogen and oxygen atoms in total. The van der Waals surface area contributed by atoms with Crippen molar-refractivity contribution in [1.82, 2.24) is 15.5 Å². The number of hydrogen-bond donors (Lipinski definition) is 2. The first-order chi connectivity index (χ1) is 14.1. The van der Waals surface area contributed by atoms with Crippen molar-refractivity contribution in [1.29, 1.82) is 0 Å². The molecule has 0 spiro atoms. The lowest BCUT2D eigenvalue weighted by Gasteiger charge is -2.36. The predicted octanol–water partition coefficient (Wildman–Crippen LogP) is 2.49. The molecule has 0 amide bonds. The van der Waals surface area contributed by atoms with E-state index in [1.54, 1.807) is 13.0 Å². The van der Waals surface area contributed by atoms with Gasteiger partial charge in [-0.3, -0.25) is 9.89 Å². The Bertz CT molecular complexity index is 673. The summed E-state index contributed by atoms with van der Waals surface area (Å²) < 4.78 is 25.1. The van der Waals surface area contributed by atoms with E-state index in [1.807, 2.05) is 19.1 Å². The fraction of sp³-hybridized carbons (Fsp3) is 0.682. The van der Waals surface area contributed by atoms with Crippen LogP contribution in [0.2, 0.25) is 0 Å². The Hall–Kier alpha value is -1.70. The van der Waals surface area contributed by atoms with Gasteiger partial charge in [0.2, 0.25) is 0 Å². The Morgan fingerprint density at radius 2 is 2.07 bits per heavy atom. The third-order valence-electron chi connectivity index (χ3n) is 5.85. The van der Waals surface area contributed by atoms with Crippen LogP contribution in [0.25, 0.3) is 0 Å². The fourth-order valence-electron chi connectivity index (χ4n) is 4.00. The maximum absolute atomic E-state index is 14.0. The first-order valence-corrected chi connectivity index (χ1v) is 10.8. The zero-order chi connectivity index (χ0) is 20.6. The molecule has 0 aliphatic carbocycles. The highest BCUT2D eigenvalue weighted by Crippen LogP contribution is 2.23. The number of guanidine groups is 1. The minimum absolute atomic E-state index is 0.0421. The van der Waals surface area contributed by atoms with E-state index in [9.17, 15) is 4.39 Å². The van der Waals surface area contributed by atoms with E-state index in [-0.39, 0.29) is 11.9 Å². The van der Waals surface area contributed by atoms with E-state index in [0.717, 1.165) is 64.0 Å². The number of hydrogen-bond acceptors (Lipinski definition) is 4. The lowest BCUT2D eigenvalue weighted by Crippen LogP contribution is -2.49. The van der Waals surface area contributed by atoms with Crippen molar-refractivity contribution in [3.05, 3.63) is 35.1 Å². The van der Waals surface area contributed by atoms with Crippen LogP contribution in [-0.4, -0.2) is 69.5 Å². The van der Waals surface area contributed by atoms with Crippen molar-refractivity contribution in [2.45, 2.75) is 39.3 Å². The molecule has 3 rings (SSSR count). The number of ether oxygens (including phenoxy) is 2. The van der Waals surface area contributed by atoms with Crippen molar-refractivity contribution in [3.8, 4) is 0 Å². The first kappa shape index (κ1) is 22.0. The van der Waals surface area contributed by atoms with Crippen LogP contribution >= 0.6 is 0 Å². The van der Waals surface area contributed by atoms with Gasteiger partial charge in [-0.15, -0.1) is 0 Å². The van der Waals surface area contributed by atoms with E-state index in [4.69, 9.17) is 14.5 Å². The fourth-order valence-corrected chi connectivity index (χ4v) is 4.00. The minimum atomic E-state index is -0.174. The topological polar surface area (TPSA) is 58.1 Å². The van der Waals surface area contributed by atoms with Gasteiger partial charge in [-0.1, -0.05) is 12.1 Å². The molecule has 2 heterocycles. The Morgan fingerprint density at radius 3 is 2.72 bits per heavy atom.